The van der Waals surface area contributed by atoms with Crippen molar-refractivity contribution in [3.05, 3.63) is 23.4 Å². The summed E-state index contributed by atoms with van der Waals surface area (Å²) in [7, 11) is 0. The molecule has 3 aliphatic rings. The molecule has 0 saturated carbocycles. The molecule has 0 fully saturated rings. The number of nitrogens with one attached hydrogen (secondary N) is 3. The molecule has 0 aromatic heterocycles. The van der Waals surface area contributed by atoms with Gasteiger partial charge in [0.05, 0.1) is 25.0 Å². The zero-order chi connectivity index (χ0) is 11.7. The summed E-state index contributed by atoms with van der Waals surface area (Å²) in [4.78, 5) is 8.85. The molecule has 0 bridgehead atoms. The highest BCUT2D eigenvalue weighted by atomic mass is 15.2. The number of hydrogen-bond donors (Lipinski definition) is 3. The van der Waals surface area contributed by atoms with E-state index in [1.54, 1.807) is 0 Å². The average Bonchev–Trinajstić information content (AvgIpc) is 2.98. The Labute approximate surface area is 101 Å². The van der Waals surface area contributed by atoms with Crippen molar-refractivity contribution in [3.8, 4) is 0 Å². The van der Waals surface area contributed by atoms with Crippen LogP contribution in [0.2, 0.25) is 0 Å². The molecule has 0 amide bonds. The third-order valence-corrected chi connectivity index (χ3v) is 3.32. The minimum Gasteiger partial charge on any atom is -0.368 e. The van der Waals surface area contributed by atoms with Crippen LogP contribution in [0.5, 0.6) is 0 Å². The number of hydrogen-bond acceptors (Lipinski definition) is 5. The van der Waals surface area contributed by atoms with Crippen molar-refractivity contribution in [3.63, 3.8) is 0 Å². The lowest BCUT2D eigenvalue weighted by Gasteiger charge is -2.25. The molecular weight excluding hydrogens is 214 g/mol. The number of fused-ring (bicyclic) bond motifs is 1. The molecule has 2 atom stereocenters. The molecule has 0 aromatic rings. The second-order valence-electron chi connectivity index (χ2n) is 4.35. The summed E-state index contributed by atoms with van der Waals surface area (Å²) in [6.45, 7) is 3.95. The lowest BCUT2D eigenvalue weighted by Crippen LogP contribution is -2.39. The summed E-state index contributed by atoms with van der Waals surface area (Å²) >= 11 is 0. The first kappa shape index (κ1) is 10.4. The van der Waals surface area contributed by atoms with E-state index in [0.717, 1.165) is 31.2 Å². The first-order valence-corrected chi connectivity index (χ1v) is 6.13. The predicted molar refractivity (Wildman–Crippen MR) is 69.1 cm³/mol. The molecular formula is C12H17N5. The van der Waals surface area contributed by atoms with Gasteiger partial charge in [-0.2, -0.15) is 0 Å². The van der Waals surface area contributed by atoms with E-state index in [-0.39, 0.29) is 6.04 Å². The monoisotopic (exact) mass is 231 g/mol. The van der Waals surface area contributed by atoms with E-state index in [1.165, 1.54) is 5.57 Å². The summed E-state index contributed by atoms with van der Waals surface area (Å²) in [5.41, 5.74) is 2.48. The number of nitrogens with zero attached hydrogens (tertiary/aromatic N) is 2. The Hall–Kier alpha value is -1.78. The van der Waals surface area contributed by atoms with Crippen LogP contribution in [0, 0.1) is 0 Å². The third-order valence-electron chi connectivity index (χ3n) is 3.32. The first-order valence-electron chi connectivity index (χ1n) is 6.13. The molecule has 5 heteroatoms. The molecule has 0 saturated heterocycles. The van der Waals surface area contributed by atoms with E-state index in [1.807, 2.05) is 6.34 Å². The predicted octanol–water partition coefficient (Wildman–Crippen LogP) is 0.138. The van der Waals surface area contributed by atoms with Crippen LogP contribution in [0.4, 0.5) is 0 Å². The molecule has 3 rings (SSSR count). The topological polar surface area (TPSA) is 60.8 Å². The molecule has 90 valence electrons. The van der Waals surface area contributed by atoms with Gasteiger partial charge in [0, 0.05) is 12.2 Å². The SMILES string of the molecule is CCC1=C(NC2=NCCN2)C=CC2NC=NC12. The van der Waals surface area contributed by atoms with Crippen molar-refractivity contribution in [2.24, 2.45) is 9.98 Å². The Morgan fingerprint density at radius 2 is 2.47 bits per heavy atom. The van der Waals surface area contributed by atoms with Gasteiger partial charge in [0.2, 0.25) is 0 Å². The summed E-state index contributed by atoms with van der Waals surface area (Å²) in [5, 5.41) is 9.84. The van der Waals surface area contributed by atoms with E-state index in [0.29, 0.717) is 6.04 Å². The fourth-order valence-corrected chi connectivity index (χ4v) is 2.46. The maximum absolute atomic E-state index is 4.49. The third kappa shape index (κ3) is 1.81. The lowest BCUT2D eigenvalue weighted by molar-refractivity contribution is 0.637. The molecule has 0 radical (unpaired) electrons. The van der Waals surface area contributed by atoms with E-state index < -0.39 is 0 Å². The van der Waals surface area contributed by atoms with Gasteiger partial charge in [0.25, 0.3) is 0 Å². The second-order valence-corrected chi connectivity index (χ2v) is 4.35. The molecule has 5 nitrogen and oxygen atoms in total. The molecule has 3 N–H and O–H groups in total. The minimum absolute atomic E-state index is 0.245. The Morgan fingerprint density at radius 1 is 1.53 bits per heavy atom. The normalized spacial score (nSPS) is 29.8. The van der Waals surface area contributed by atoms with Crippen LogP contribution in [0.15, 0.2) is 33.4 Å². The van der Waals surface area contributed by atoms with Gasteiger partial charge in [-0.05, 0) is 18.1 Å². The van der Waals surface area contributed by atoms with E-state index in [2.05, 4.69) is 45.0 Å². The van der Waals surface area contributed by atoms with Gasteiger partial charge in [-0.3, -0.25) is 9.98 Å². The Balaban J connectivity index is 1.85. The number of guanidine groups is 1. The van der Waals surface area contributed by atoms with Gasteiger partial charge in [-0.1, -0.05) is 13.0 Å². The maximum atomic E-state index is 4.49. The molecule has 0 aromatic carbocycles. The smallest absolute Gasteiger partial charge is 0.195 e. The highest BCUT2D eigenvalue weighted by Gasteiger charge is 2.29. The van der Waals surface area contributed by atoms with Crippen LogP contribution < -0.4 is 16.0 Å². The fraction of sp³-hybridized carbons (Fsp3) is 0.500. The fourth-order valence-electron chi connectivity index (χ4n) is 2.46. The Kier molecular flexibility index (Phi) is 2.59. The summed E-state index contributed by atoms with van der Waals surface area (Å²) in [6, 6.07) is 0.573. The molecule has 0 spiro atoms. The molecule has 2 unspecified atom stereocenters. The summed E-state index contributed by atoms with van der Waals surface area (Å²) in [6.07, 6.45) is 7.10. The summed E-state index contributed by atoms with van der Waals surface area (Å²) < 4.78 is 0. The largest absolute Gasteiger partial charge is 0.368 e. The van der Waals surface area contributed by atoms with Crippen LogP contribution in [-0.2, 0) is 0 Å². The van der Waals surface area contributed by atoms with Gasteiger partial charge in [0.15, 0.2) is 5.96 Å². The zero-order valence-electron chi connectivity index (χ0n) is 9.90. The first-order chi connectivity index (χ1) is 8.38. The maximum Gasteiger partial charge on any atom is 0.195 e. The molecule has 2 aliphatic heterocycles. The zero-order valence-corrected chi connectivity index (χ0v) is 9.90. The average molecular weight is 231 g/mol. The highest BCUT2D eigenvalue weighted by Crippen LogP contribution is 2.25. The van der Waals surface area contributed by atoms with Crippen LogP contribution in [0.1, 0.15) is 13.3 Å². The van der Waals surface area contributed by atoms with Crippen molar-refractivity contribution in [1.82, 2.24) is 16.0 Å². The van der Waals surface area contributed by atoms with Gasteiger partial charge in [-0.25, -0.2) is 0 Å². The van der Waals surface area contributed by atoms with Crippen LogP contribution in [-0.4, -0.2) is 37.5 Å². The van der Waals surface area contributed by atoms with Crippen molar-refractivity contribution in [1.29, 1.82) is 0 Å². The van der Waals surface area contributed by atoms with Crippen molar-refractivity contribution < 1.29 is 0 Å². The molecule has 1 aliphatic carbocycles. The van der Waals surface area contributed by atoms with Crippen LogP contribution >= 0.6 is 0 Å². The summed E-state index contributed by atoms with van der Waals surface area (Å²) in [5.74, 6) is 0.879. The molecule has 17 heavy (non-hydrogen) atoms. The van der Waals surface area contributed by atoms with Gasteiger partial charge in [-0.15, -0.1) is 0 Å². The van der Waals surface area contributed by atoms with Crippen molar-refractivity contribution >= 4 is 12.3 Å². The highest BCUT2D eigenvalue weighted by molar-refractivity contribution is 5.83. The minimum atomic E-state index is 0.245. The number of rotatable bonds is 2. The second kappa shape index (κ2) is 4.24. The molecule has 2 heterocycles. The number of allylic oxidation sites excluding steroid dienone is 1. The van der Waals surface area contributed by atoms with Crippen LogP contribution in [0.25, 0.3) is 0 Å². The van der Waals surface area contributed by atoms with Crippen molar-refractivity contribution in [2.45, 2.75) is 25.4 Å². The van der Waals surface area contributed by atoms with Gasteiger partial charge in [0.1, 0.15) is 0 Å². The quantitative estimate of drug-likeness (QED) is 0.633. The Bertz CT molecular complexity index is 432. The van der Waals surface area contributed by atoms with E-state index >= 15 is 0 Å². The number of aliphatic imine (C=N–C) groups is 2. The Morgan fingerprint density at radius 3 is 3.24 bits per heavy atom. The van der Waals surface area contributed by atoms with Gasteiger partial charge < -0.3 is 16.0 Å². The van der Waals surface area contributed by atoms with Gasteiger partial charge >= 0.3 is 0 Å². The van der Waals surface area contributed by atoms with E-state index in [4.69, 9.17) is 0 Å². The standard InChI is InChI=1S/C12H17N5/c1-2-8-9(17-12-13-5-6-14-12)3-4-10-11(8)16-7-15-10/h3-4,7,10-11H,2,5-6H2,1H3,(H,15,16)(H2,13,14,17). The van der Waals surface area contributed by atoms with Crippen molar-refractivity contribution in [2.75, 3.05) is 13.1 Å². The van der Waals surface area contributed by atoms with E-state index in [9.17, 15) is 0 Å². The van der Waals surface area contributed by atoms with Crippen LogP contribution in [0.3, 0.4) is 0 Å². The lowest BCUT2D eigenvalue weighted by atomic mass is 9.92.